The average Bonchev–Trinajstić information content (AvgIpc) is 3.31. The smallest absolute Gasteiger partial charge is 0.250 e. The van der Waals surface area contributed by atoms with E-state index in [1.54, 1.807) is 16.7 Å². The number of nitrogen functional groups attached to an aromatic ring is 1. The van der Waals surface area contributed by atoms with Crippen molar-refractivity contribution in [2.75, 3.05) is 12.3 Å². The number of aromatic nitrogens is 1. The van der Waals surface area contributed by atoms with Gasteiger partial charge in [-0.1, -0.05) is 24.3 Å². The average molecular weight is 283 g/mol. The lowest BCUT2D eigenvalue weighted by atomic mass is 10.1. The van der Waals surface area contributed by atoms with Crippen molar-refractivity contribution < 1.29 is 0 Å². The molecule has 0 saturated heterocycles. The molecule has 0 aliphatic heterocycles. The van der Waals surface area contributed by atoms with E-state index in [1.165, 1.54) is 18.4 Å². The highest BCUT2D eigenvalue weighted by molar-refractivity contribution is 5.46. The molecule has 2 N–H and O–H groups in total. The van der Waals surface area contributed by atoms with Crippen molar-refractivity contribution in [1.82, 2.24) is 9.47 Å². The molecule has 1 aromatic heterocycles. The van der Waals surface area contributed by atoms with Crippen LogP contribution in [-0.2, 0) is 13.1 Å². The molecule has 1 saturated carbocycles. The fraction of sp³-hybridized carbons (Fsp3) is 0.353. The third-order valence-corrected chi connectivity index (χ3v) is 4.02. The van der Waals surface area contributed by atoms with Crippen LogP contribution in [0.4, 0.5) is 5.69 Å². The number of rotatable bonds is 6. The maximum absolute atomic E-state index is 11.8. The van der Waals surface area contributed by atoms with Gasteiger partial charge in [0.15, 0.2) is 0 Å². The number of hydrogen-bond donors (Lipinski definition) is 1. The van der Waals surface area contributed by atoms with Gasteiger partial charge in [-0.2, -0.15) is 0 Å². The first-order valence-electron chi connectivity index (χ1n) is 7.47. The monoisotopic (exact) mass is 283 g/mol. The van der Waals surface area contributed by atoms with Crippen LogP contribution in [0.3, 0.4) is 0 Å². The summed E-state index contributed by atoms with van der Waals surface area (Å²) in [5.41, 5.74) is 8.12. The van der Waals surface area contributed by atoms with Gasteiger partial charge in [-0.25, -0.2) is 0 Å². The van der Waals surface area contributed by atoms with Crippen molar-refractivity contribution in [2.24, 2.45) is 0 Å². The second kappa shape index (κ2) is 6.14. The number of nitrogens with two attached hydrogens (primary N) is 1. The Kier molecular flexibility index (Phi) is 4.06. The minimum atomic E-state index is 0.0625. The van der Waals surface area contributed by atoms with Crippen molar-refractivity contribution >= 4 is 5.69 Å². The van der Waals surface area contributed by atoms with E-state index in [0.717, 1.165) is 25.3 Å². The maximum Gasteiger partial charge on any atom is 0.250 e. The SMILES string of the molecule is Nc1ccccc1CN(CCn1ccccc1=O)C1CC1. The largest absolute Gasteiger partial charge is 0.398 e. The quantitative estimate of drug-likeness (QED) is 0.826. The third-order valence-electron chi connectivity index (χ3n) is 4.02. The Hall–Kier alpha value is -2.07. The highest BCUT2D eigenvalue weighted by Gasteiger charge is 2.28. The predicted molar refractivity (Wildman–Crippen MR) is 85.0 cm³/mol. The minimum Gasteiger partial charge on any atom is -0.398 e. The van der Waals surface area contributed by atoms with Crippen molar-refractivity contribution in [3.63, 3.8) is 0 Å². The van der Waals surface area contributed by atoms with Gasteiger partial charge in [0.1, 0.15) is 0 Å². The van der Waals surface area contributed by atoms with E-state index in [0.29, 0.717) is 6.04 Å². The van der Waals surface area contributed by atoms with E-state index in [9.17, 15) is 4.79 Å². The fourth-order valence-corrected chi connectivity index (χ4v) is 2.61. The standard InChI is InChI=1S/C17H21N3O/c18-16-6-2-1-5-14(16)13-20(15-8-9-15)12-11-19-10-4-3-7-17(19)21/h1-7,10,15H,8-9,11-13,18H2. The first-order valence-corrected chi connectivity index (χ1v) is 7.47. The lowest BCUT2D eigenvalue weighted by Gasteiger charge is -2.23. The Labute approximate surface area is 124 Å². The van der Waals surface area contributed by atoms with E-state index in [4.69, 9.17) is 5.73 Å². The summed E-state index contributed by atoms with van der Waals surface area (Å²) >= 11 is 0. The van der Waals surface area contributed by atoms with Gasteiger partial charge in [-0.3, -0.25) is 9.69 Å². The Morgan fingerprint density at radius 2 is 1.90 bits per heavy atom. The molecule has 1 aliphatic rings. The lowest BCUT2D eigenvalue weighted by molar-refractivity contribution is 0.243. The van der Waals surface area contributed by atoms with E-state index in [2.05, 4.69) is 11.0 Å². The van der Waals surface area contributed by atoms with Crippen molar-refractivity contribution in [2.45, 2.75) is 32.0 Å². The van der Waals surface area contributed by atoms with Crippen molar-refractivity contribution in [3.8, 4) is 0 Å². The zero-order valence-electron chi connectivity index (χ0n) is 12.1. The molecule has 1 fully saturated rings. The molecule has 0 atom stereocenters. The summed E-state index contributed by atoms with van der Waals surface area (Å²) in [5, 5.41) is 0. The van der Waals surface area contributed by atoms with Crippen molar-refractivity contribution in [1.29, 1.82) is 0 Å². The highest BCUT2D eigenvalue weighted by Crippen LogP contribution is 2.29. The van der Waals surface area contributed by atoms with Gasteiger partial charge in [0.2, 0.25) is 0 Å². The van der Waals surface area contributed by atoms with Gasteiger partial charge in [0.25, 0.3) is 5.56 Å². The van der Waals surface area contributed by atoms with Crippen LogP contribution < -0.4 is 11.3 Å². The molecule has 1 aromatic carbocycles. The molecule has 0 bridgehead atoms. The molecule has 0 amide bonds. The van der Waals surface area contributed by atoms with Crippen LogP contribution in [0.15, 0.2) is 53.5 Å². The second-order valence-corrected chi connectivity index (χ2v) is 5.63. The number of pyridine rings is 1. The zero-order chi connectivity index (χ0) is 14.7. The first-order chi connectivity index (χ1) is 10.2. The number of nitrogens with zero attached hydrogens (tertiary/aromatic N) is 2. The molecule has 4 nitrogen and oxygen atoms in total. The molecule has 0 spiro atoms. The van der Waals surface area contributed by atoms with Crippen LogP contribution in [0, 0.1) is 0 Å². The van der Waals surface area contributed by atoms with Crippen LogP contribution in [0.2, 0.25) is 0 Å². The second-order valence-electron chi connectivity index (χ2n) is 5.63. The van der Waals surface area contributed by atoms with Gasteiger partial charge in [0.05, 0.1) is 0 Å². The highest BCUT2D eigenvalue weighted by atomic mass is 16.1. The summed E-state index contributed by atoms with van der Waals surface area (Å²) in [6, 6.07) is 13.9. The van der Waals surface area contributed by atoms with E-state index >= 15 is 0 Å². The molecule has 0 radical (unpaired) electrons. The Bertz CT molecular complexity index is 661. The van der Waals surface area contributed by atoms with Crippen LogP contribution >= 0.6 is 0 Å². The molecule has 110 valence electrons. The van der Waals surface area contributed by atoms with E-state index in [1.807, 2.05) is 30.5 Å². The van der Waals surface area contributed by atoms with E-state index in [-0.39, 0.29) is 5.56 Å². The topological polar surface area (TPSA) is 51.3 Å². The Morgan fingerprint density at radius 3 is 2.62 bits per heavy atom. The summed E-state index contributed by atoms with van der Waals surface area (Å²) in [7, 11) is 0. The molecular formula is C17H21N3O. The third kappa shape index (κ3) is 3.52. The Balaban J connectivity index is 1.67. The number of benzene rings is 1. The predicted octanol–water partition coefficient (Wildman–Crippen LogP) is 2.10. The molecule has 1 aliphatic carbocycles. The van der Waals surface area contributed by atoms with Crippen LogP contribution in [0.5, 0.6) is 0 Å². The summed E-state index contributed by atoms with van der Waals surface area (Å²) < 4.78 is 1.77. The molecule has 0 unspecified atom stereocenters. The first kappa shape index (κ1) is 13.9. The zero-order valence-corrected chi connectivity index (χ0v) is 12.1. The maximum atomic E-state index is 11.8. The van der Waals surface area contributed by atoms with Gasteiger partial charge in [-0.05, 0) is 30.5 Å². The van der Waals surface area contributed by atoms with Crippen molar-refractivity contribution in [3.05, 3.63) is 64.6 Å². The normalized spacial score (nSPS) is 14.5. The fourth-order valence-electron chi connectivity index (χ4n) is 2.61. The molecule has 3 rings (SSSR count). The molecule has 4 heteroatoms. The summed E-state index contributed by atoms with van der Waals surface area (Å²) in [5.74, 6) is 0. The Morgan fingerprint density at radius 1 is 1.14 bits per heavy atom. The number of hydrogen-bond acceptors (Lipinski definition) is 3. The molecule has 2 aromatic rings. The summed E-state index contributed by atoms with van der Waals surface area (Å²) in [6.45, 7) is 2.46. The lowest BCUT2D eigenvalue weighted by Crippen LogP contribution is -2.32. The summed E-state index contributed by atoms with van der Waals surface area (Å²) in [4.78, 5) is 14.2. The summed E-state index contributed by atoms with van der Waals surface area (Å²) in [6.07, 6.45) is 4.34. The van der Waals surface area contributed by atoms with Gasteiger partial charge in [0, 0.05) is 43.6 Å². The number of anilines is 1. The van der Waals surface area contributed by atoms with E-state index < -0.39 is 0 Å². The minimum absolute atomic E-state index is 0.0625. The molecule has 1 heterocycles. The molecule has 21 heavy (non-hydrogen) atoms. The van der Waals surface area contributed by atoms with Crippen LogP contribution in [0.1, 0.15) is 18.4 Å². The number of para-hydroxylation sites is 1. The van der Waals surface area contributed by atoms with Crippen LogP contribution in [0.25, 0.3) is 0 Å². The molecular weight excluding hydrogens is 262 g/mol. The van der Waals surface area contributed by atoms with Crippen LogP contribution in [-0.4, -0.2) is 22.1 Å². The van der Waals surface area contributed by atoms with Gasteiger partial charge in [-0.15, -0.1) is 0 Å². The van der Waals surface area contributed by atoms with Gasteiger partial charge >= 0.3 is 0 Å². The van der Waals surface area contributed by atoms with Gasteiger partial charge < -0.3 is 10.3 Å².